The quantitative estimate of drug-likeness (QED) is 0.264. The molecule has 0 saturated carbocycles. The fraction of sp³-hybridized carbons (Fsp3) is 0.360. The summed E-state index contributed by atoms with van der Waals surface area (Å²) in [7, 11) is 1.55. The van der Waals surface area contributed by atoms with Crippen LogP contribution in [0.3, 0.4) is 0 Å². The van der Waals surface area contributed by atoms with Gasteiger partial charge >= 0.3 is 5.69 Å². The minimum absolute atomic E-state index is 0.207. The summed E-state index contributed by atoms with van der Waals surface area (Å²) in [5.74, 6) is 0.457. The average Bonchev–Trinajstić information content (AvgIpc) is 3.18. The predicted octanol–water partition coefficient (Wildman–Crippen LogP) is 3.88. The van der Waals surface area contributed by atoms with Crippen LogP contribution < -0.4 is 5.69 Å². The Kier molecular flexibility index (Phi) is 8.66. The maximum absolute atomic E-state index is 12.3. The van der Waals surface area contributed by atoms with E-state index < -0.39 is 0 Å². The lowest BCUT2D eigenvalue weighted by Crippen LogP contribution is -2.23. The van der Waals surface area contributed by atoms with Gasteiger partial charge in [0.25, 0.3) is 0 Å². The van der Waals surface area contributed by atoms with E-state index in [0.29, 0.717) is 36.0 Å². The van der Waals surface area contributed by atoms with Gasteiger partial charge in [-0.05, 0) is 55.3 Å². The Labute approximate surface area is 204 Å². The first-order chi connectivity index (χ1) is 16.8. The summed E-state index contributed by atoms with van der Waals surface area (Å²) in [6, 6.07) is 13.7. The van der Waals surface area contributed by atoms with Crippen molar-refractivity contribution in [2.24, 2.45) is 22.4 Å². The third-order valence-corrected chi connectivity index (χ3v) is 5.41. The molecule has 10 heteroatoms. The van der Waals surface area contributed by atoms with Gasteiger partial charge in [0.2, 0.25) is 5.90 Å². The highest BCUT2D eigenvalue weighted by atomic mass is 16.6. The molecule has 0 fully saturated rings. The maximum atomic E-state index is 12.3. The van der Waals surface area contributed by atoms with Crippen LogP contribution in [0.25, 0.3) is 5.69 Å². The van der Waals surface area contributed by atoms with Crippen LogP contribution in [-0.2, 0) is 29.8 Å². The first-order valence-electron chi connectivity index (χ1n) is 11.3. The smallest absolute Gasteiger partial charge is 0.368 e. The first-order valence-corrected chi connectivity index (χ1v) is 11.3. The SMILES string of the molecule is CC/C(=N/N=C(C)/C(C)=N\OCc1ccc(C)cc1)OCc1c(C)cccc1-n1nnn(C)c1=O. The van der Waals surface area contributed by atoms with Gasteiger partial charge < -0.3 is 9.57 Å². The number of aromatic nitrogens is 4. The summed E-state index contributed by atoms with van der Waals surface area (Å²) < 4.78 is 8.38. The number of tetrazole rings is 1. The Morgan fingerprint density at radius 3 is 2.37 bits per heavy atom. The molecule has 0 amide bonds. The van der Waals surface area contributed by atoms with Crippen LogP contribution in [0.5, 0.6) is 0 Å². The van der Waals surface area contributed by atoms with Gasteiger partial charge in [0, 0.05) is 19.0 Å². The zero-order chi connectivity index (χ0) is 25.4. The van der Waals surface area contributed by atoms with Gasteiger partial charge in [0.15, 0.2) is 0 Å². The van der Waals surface area contributed by atoms with Crippen molar-refractivity contribution < 1.29 is 9.57 Å². The van der Waals surface area contributed by atoms with Gasteiger partial charge in [-0.1, -0.05) is 54.0 Å². The highest BCUT2D eigenvalue weighted by Crippen LogP contribution is 2.18. The summed E-state index contributed by atoms with van der Waals surface area (Å²) in [6.45, 7) is 10.1. The minimum atomic E-state index is -0.333. The highest BCUT2D eigenvalue weighted by molar-refractivity contribution is 6.40. The number of oxime groups is 1. The number of ether oxygens (including phenoxy) is 1. The van der Waals surface area contributed by atoms with E-state index in [4.69, 9.17) is 9.57 Å². The molecule has 0 aliphatic carbocycles. The largest absolute Gasteiger partial charge is 0.475 e. The lowest BCUT2D eigenvalue weighted by molar-refractivity contribution is 0.131. The van der Waals surface area contributed by atoms with Crippen molar-refractivity contribution in [1.29, 1.82) is 0 Å². The molecule has 35 heavy (non-hydrogen) atoms. The fourth-order valence-corrected chi connectivity index (χ4v) is 3.05. The van der Waals surface area contributed by atoms with Gasteiger partial charge in [-0.15, -0.1) is 5.10 Å². The van der Waals surface area contributed by atoms with E-state index in [0.717, 1.165) is 16.7 Å². The third-order valence-electron chi connectivity index (χ3n) is 5.41. The molecule has 0 aliphatic rings. The Balaban J connectivity index is 1.67. The third kappa shape index (κ3) is 6.72. The van der Waals surface area contributed by atoms with Crippen molar-refractivity contribution in [1.82, 2.24) is 19.8 Å². The van der Waals surface area contributed by atoms with Crippen LogP contribution >= 0.6 is 0 Å². The molecule has 0 atom stereocenters. The van der Waals surface area contributed by atoms with Gasteiger partial charge in [-0.3, -0.25) is 0 Å². The molecular formula is C25H31N7O3. The number of aryl methyl sites for hydroxylation is 3. The summed E-state index contributed by atoms with van der Waals surface area (Å²) in [6.07, 6.45) is 0.545. The number of hydrogen-bond donors (Lipinski definition) is 0. The maximum Gasteiger partial charge on any atom is 0.368 e. The predicted molar refractivity (Wildman–Crippen MR) is 136 cm³/mol. The topological polar surface area (TPSA) is 108 Å². The van der Waals surface area contributed by atoms with Crippen LogP contribution in [0.2, 0.25) is 0 Å². The second-order valence-corrected chi connectivity index (χ2v) is 8.13. The molecule has 0 saturated heterocycles. The van der Waals surface area contributed by atoms with Crippen molar-refractivity contribution in [3.8, 4) is 5.69 Å². The van der Waals surface area contributed by atoms with Gasteiger partial charge in [-0.25, -0.2) is 4.79 Å². The van der Waals surface area contributed by atoms with Crippen LogP contribution in [0.15, 0.2) is 62.6 Å². The standard InChI is InChI=1S/C25H31N7O3/c1-7-24(27-26-19(4)20(5)28-35-15-21-13-11-17(2)12-14-21)34-16-22-18(3)9-8-10-23(22)32-25(33)31(6)29-30-32/h8-14H,7,15-16H2,1-6H3/b26-19+,27-24-,28-20-. The van der Waals surface area contributed by atoms with Crippen LogP contribution in [0.1, 0.15) is 49.4 Å². The molecule has 1 aromatic heterocycles. The van der Waals surface area contributed by atoms with Crippen molar-refractivity contribution >= 4 is 17.3 Å². The van der Waals surface area contributed by atoms with Crippen molar-refractivity contribution in [2.45, 2.75) is 54.3 Å². The van der Waals surface area contributed by atoms with E-state index in [9.17, 15) is 4.79 Å². The normalized spacial score (nSPS) is 12.7. The summed E-state index contributed by atoms with van der Waals surface area (Å²) >= 11 is 0. The molecule has 10 nitrogen and oxygen atoms in total. The molecule has 184 valence electrons. The van der Waals surface area contributed by atoms with E-state index in [-0.39, 0.29) is 12.3 Å². The van der Waals surface area contributed by atoms with Gasteiger partial charge in [0.05, 0.1) is 17.1 Å². The van der Waals surface area contributed by atoms with E-state index >= 15 is 0 Å². The van der Waals surface area contributed by atoms with Crippen molar-refractivity contribution in [3.05, 3.63) is 75.2 Å². The second-order valence-electron chi connectivity index (χ2n) is 8.13. The number of hydrogen-bond acceptors (Lipinski definition) is 8. The molecular weight excluding hydrogens is 446 g/mol. The Bertz CT molecular complexity index is 1300. The molecule has 0 unspecified atom stereocenters. The van der Waals surface area contributed by atoms with Crippen molar-refractivity contribution in [3.63, 3.8) is 0 Å². The number of rotatable bonds is 9. The molecule has 0 bridgehead atoms. The van der Waals surface area contributed by atoms with Crippen LogP contribution in [0.4, 0.5) is 0 Å². The summed E-state index contributed by atoms with van der Waals surface area (Å²) in [4.78, 5) is 17.8. The number of nitrogens with zero attached hydrogens (tertiary/aromatic N) is 7. The average molecular weight is 478 g/mol. The first kappa shape index (κ1) is 25.5. The van der Waals surface area contributed by atoms with Gasteiger partial charge in [0.1, 0.15) is 13.2 Å². The summed E-state index contributed by atoms with van der Waals surface area (Å²) in [5, 5.41) is 20.4. The Morgan fingerprint density at radius 2 is 1.71 bits per heavy atom. The summed E-state index contributed by atoms with van der Waals surface area (Å²) in [5.41, 5.74) is 5.55. The van der Waals surface area contributed by atoms with E-state index in [1.165, 1.54) is 14.9 Å². The Morgan fingerprint density at radius 1 is 0.971 bits per heavy atom. The molecule has 0 radical (unpaired) electrons. The molecule has 0 N–H and O–H groups in total. The zero-order valence-electron chi connectivity index (χ0n) is 21.0. The monoisotopic (exact) mass is 477 g/mol. The number of benzene rings is 2. The van der Waals surface area contributed by atoms with Crippen LogP contribution in [0, 0.1) is 13.8 Å². The molecule has 0 spiro atoms. The lowest BCUT2D eigenvalue weighted by atomic mass is 10.1. The van der Waals surface area contributed by atoms with Crippen LogP contribution in [-0.4, -0.2) is 37.1 Å². The fourth-order valence-electron chi connectivity index (χ4n) is 3.05. The van der Waals surface area contributed by atoms with E-state index in [2.05, 4.69) is 25.8 Å². The Hall–Kier alpha value is -4.08. The molecule has 3 aromatic rings. The molecule has 3 rings (SSSR count). The molecule has 2 aromatic carbocycles. The van der Waals surface area contributed by atoms with Gasteiger partial charge in [-0.2, -0.15) is 14.5 Å². The van der Waals surface area contributed by atoms with Crippen molar-refractivity contribution in [2.75, 3.05) is 0 Å². The van der Waals surface area contributed by atoms with E-state index in [1.54, 1.807) is 7.05 Å². The molecule has 1 heterocycles. The lowest BCUT2D eigenvalue weighted by Gasteiger charge is -2.13. The zero-order valence-corrected chi connectivity index (χ0v) is 21.0. The van der Waals surface area contributed by atoms with E-state index in [1.807, 2.05) is 77.1 Å². The second kappa shape index (κ2) is 11.9. The highest BCUT2D eigenvalue weighted by Gasteiger charge is 2.14. The molecule has 0 aliphatic heterocycles. The minimum Gasteiger partial charge on any atom is -0.475 e.